The summed E-state index contributed by atoms with van der Waals surface area (Å²) in [7, 11) is 0. The van der Waals surface area contributed by atoms with Crippen molar-refractivity contribution >= 4 is 28.8 Å². The monoisotopic (exact) mass is 231 g/mol. The van der Waals surface area contributed by atoms with Crippen molar-refractivity contribution in [1.82, 2.24) is 5.32 Å². The van der Waals surface area contributed by atoms with Crippen LogP contribution in [0.3, 0.4) is 0 Å². The summed E-state index contributed by atoms with van der Waals surface area (Å²) in [5, 5.41) is 6.65. The van der Waals surface area contributed by atoms with Crippen molar-refractivity contribution in [1.29, 1.82) is 0 Å². The number of rotatable bonds is 4. The number of halogens is 1. The predicted molar refractivity (Wildman–Crippen MR) is 61.1 cm³/mol. The number of thiophene rings is 1. The maximum Gasteiger partial charge on any atom is 0.252 e. The first-order valence-corrected chi connectivity index (χ1v) is 6.02. The normalized spacial score (nSPS) is 14.8. The predicted octanol–water partition coefficient (Wildman–Crippen LogP) is 2.74. The van der Waals surface area contributed by atoms with E-state index in [0.717, 1.165) is 5.56 Å². The Kier molecular flexibility index (Phi) is 4.42. The average Bonchev–Trinajstić information content (AvgIpc) is 2.69. The second-order valence-corrected chi connectivity index (χ2v) is 4.49. The van der Waals surface area contributed by atoms with Gasteiger partial charge >= 0.3 is 0 Å². The van der Waals surface area contributed by atoms with Gasteiger partial charge in [-0.25, -0.2) is 0 Å². The molecule has 14 heavy (non-hydrogen) atoms. The van der Waals surface area contributed by atoms with Gasteiger partial charge in [0.1, 0.15) is 0 Å². The van der Waals surface area contributed by atoms with Gasteiger partial charge in [-0.15, -0.1) is 11.6 Å². The van der Waals surface area contributed by atoms with Crippen molar-refractivity contribution in [3.05, 3.63) is 22.4 Å². The number of nitrogens with one attached hydrogen (secondary N) is 1. The number of hydrogen-bond donors (Lipinski definition) is 1. The lowest BCUT2D eigenvalue weighted by Crippen LogP contribution is -2.37. The van der Waals surface area contributed by atoms with Gasteiger partial charge in [-0.1, -0.05) is 6.92 Å². The van der Waals surface area contributed by atoms with Gasteiger partial charge in [0.25, 0.3) is 5.91 Å². The van der Waals surface area contributed by atoms with Crippen LogP contribution in [0.1, 0.15) is 24.2 Å². The maximum atomic E-state index is 11.6. The Balaban J connectivity index is 2.49. The minimum absolute atomic E-state index is 0.0179. The van der Waals surface area contributed by atoms with Crippen molar-refractivity contribution in [2.24, 2.45) is 5.92 Å². The van der Waals surface area contributed by atoms with E-state index in [-0.39, 0.29) is 11.9 Å². The van der Waals surface area contributed by atoms with Crippen LogP contribution in [0.4, 0.5) is 0 Å². The lowest BCUT2D eigenvalue weighted by atomic mass is 10.1. The fourth-order valence-electron chi connectivity index (χ4n) is 0.960. The summed E-state index contributed by atoms with van der Waals surface area (Å²) in [6.07, 6.45) is 0. The maximum absolute atomic E-state index is 11.6. The molecule has 1 aromatic rings. The molecule has 0 fully saturated rings. The fraction of sp³-hybridized carbons (Fsp3) is 0.500. The quantitative estimate of drug-likeness (QED) is 0.794. The fourth-order valence-corrected chi connectivity index (χ4v) is 1.86. The molecule has 0 radical (unpaired) electrons. The van der Waals surface area contributed by atoms with Crippen LogP contribution in [0.25, 0.3) is 0 Å². The first kappa shape index (κ1) is 11.5. The molecule has 2 nitrogen and oxygen atoms in total. The van der Waals surface area contributed by atoms with Gasteiger partial charge in [-0.05, 0) is 24.3 Å². The number of amides is 1. The summed E-state index contributed by atoms with van der Waals surface area (Å²) < 4.78 is 0. The Bertz CT molecular complexity index is 286. The van der Waals surface area contributed by atoms with Crippen LogP contribution in [-0.2, 0) is 0 Å². The van der Waals surface area contributed by atoms with Crippen molar-refractivity contribution < 1.29 is 4.79 Å². The molecule has 0 aliphatic carbocycles. The van der Waals surface area contributed by atoms with Crippen molar-refractivity contribution in [2.45, 2.75) is 19.9 Å². The lowest BCUT2D eigenvalue weighted by Gasteiger charge is -2.18. The Morgan fingerprint density at radius 3 is 2.86 bits per heavy atom. The molecule has 0 aliphatic heterocycles. The summed E-state index contributed by atoms with van der Waals surface area (Å²) in [6.45, 7) is 3.99. The van der Waals surface area contributed by atoms with Gasteiger partial charge in [0.05, 0.1) is 0 Å². The van der Waals surface area contributed by atoms with E-state index in [2.05, 4.69) is 5.32 Å². The van der Waals surface area contributed by atoms with E-state index in [1.165, 1.54) is 11.3 Å². The van der Waals surface area contributed by atoms with Crippen molar-refractivity contribution in [3.63, 3.8) is 0 Å². The molecule has 1 rings (SSSR count). The molecule has 4 heteroatoms. The van der Waals surface area contributed by atoms with Crippen LogP contribution in [-0.4, -0.2) is 17.8 Å². The molecule has 0 aromatic carbocycles. The third-order valence-corrected chi connectivity index (χ3v) is 3.41. The Morgan fingerprint density at radius 1 is 1.64 bits per heavy atom. The molecule has 1 heterocycles. The van der Waals surface area contributed by atoms with E-state index in [1.807, 2.05) is 30.7 Å². The van der Waals surface area contributed by atoms with E-state index in [0.29, 0.717) is 11.8 Å². The molecule has 0 saturated carbocycles. The molecule has 1 amide bonds. The van der Waals surface area contributed by atoms with Crippen LogP contribution in [0, 0.1) is 5.92 Å². The highest BCUT2D eigenvalue weighted by atomic mass is 35.5. The molecular weight excluding hydrogens is 218 g/mol. The van der Waals surface area contributed by atoms with E-state index in [9.17, 15) is 4.79 Å². The minimum atomic E-state index is -0.0179. The standard InChI is InChI=1S/C10H14ClNOS/c1-7(5-11)8(2)12-10(13)9-3-4-14-6-9/h3-4,6-8H,5H2,1-2H3,(H,12,13). The zero-order chi connectivity index (χ0) is 10.6. The number of carbonyl (C=O) groups is 1. The summed E-state index contributed by atoms with van der Waals surface area (Å²) >= 11 is 7.23. The molecule has 2 atom stereocenters. The second kappa shape index (κ2) is 5.37. The second-order valence-electron chi connectivity index (χ2n) is 3.41. The molecule has 0 saturated heterocycles. The Hall–Kier alpha value is -0.540. The van der Waals surface area contributed by atoms with Crippen molar-refractivity contribution in [3.8, 4) is 0 Å². The Labute approximate surface area is 93.3 Å². The Morgan fingerprint density at radius 2 is 2.36 bits per heavy atom. The van der Waals surface area contributed by atoms with Crippen molar-refractivity contribution in [2.75, 3.05) is 5.88 Å². The minimum Gasteiger partial charge on any atom is -0.349 e. The van der Waals surface area contributed by atoms with Gasteiger partial charge in [-0.2, -0.15) is 11.3 Å². The summed E-state index contributed by atoms with van der Waals surface area (Å²) in [4.78, 5) is 11.6. The molecule has 0 aliphatic rings. The van der Waals surface area contributed by atoms with E-state index < -0.39 is 0 Å². The topological polar surface area (TPSA) is 29.1 Å². The lowest BCUT2D eigenvalue weighted by molar-refractivity contribution is 0.0931. The molecule has 2 unspecified atom stereocenters. The van der Waals surface area contributed by atoms with Crippen LogP contribution in [0.2, 0.25) is 0 Å². The zero-order valence-electron chi connectivity index (χ0n) is 8.29. The van der Waals surface area contributed by atoms with Crippen LogP contribution >= 0.6 is 22.9 Å². The SMILES string of the molecule is CC(CCl)C(C)NC(=O)c1ccsc1. The number of carbonyl (C=O) groups excluding carboxylic acids is 1. The van der Waals surface area contributed by atoms with Crippen LogP contribution in [0.5, 0.6) is 0 Å². The highest BCUT2D eigenvalue weighted by molar-refractivity contribution is 7.08. The molecular formula is C10H14ClNOS. The third-order valence-electron chi connectivity index (χ3n) is 2.24. The first-order valence-electron chi connectivity index (χ1n) is 4.54. The van der Waals surface area contributed by atoms with E-state index in [4.69, 9.17) is 11.6 Å². The molecule has 78 valence electrons. The van der Waals surface area contributed by atoms with Crippen LogP contribution < -0.4 is 5.32 Å². The molecule has 0 bridgehead atoms. The van der Waals surface area contributed by atoms with Gasteiger partial charge in [0, 0.05) is 22.9 Å². The van der Waals surface area contributed by atoms with Gasteiger partial charge in [-0.3, -0.25) is 4.79 Å². The molecule has 1 N–H and O–H groups in total. The summed E-state index contributed by atoms with van der Waals surface area (Å²) in [5.74, 6) is 0.834. The summed E-state index contributed by atoms with van der Waals surface area (Å²) in [5.41, 5.74) is 0.726. The van der Waals surface area contributed by atoms with E-state index in [1.54, 1.807) is 0 Å². The van der Waals surface area contributed by atoms with Gasteiger partial charge < -0.3 is 5.32 Å². The number of hydrogen-bond acceptors (Lipinski definition) is 2. The molecule has 0 spiro atoms. The average molecular weight is 232 g/mol. The summed E-state index contributed by atoms with van der Waals surface area (Å²) in [6, 6.07) is 1.93. The smallest absolute Gasteiger partial charge is 0.252 e. The van der Waals surface area contributed by atoms with E-state index >= 15 is 0 Å². The van der Waals surface area contributed by atoms with Gasteiger partial charge in [0.15, 0.2) is 0 Å². The third kappa shape index (κ3) is 3.00. The molecule has 1 aromatic heterocycles. The largest absolute Gasteiger partial charge is 0.349 e. The number of alkyl halides is 1. The van der Waals surface area contributed by atoms with Gasteiger partial charge in [0.2, 0.25) is 0 Å². The zero-order valence-corrected chi connectivity index (χ0v) is 9.86. The highest BCUT2D eigenvalue weighted by Gasteiger charge is 2.14. The first-order chi connectivity index (χ1) is 6.65. The highest BCUT2D eigenvalue weighted by Crippen LogP contribution is 2.08. The van der Waals surface area contributed by atoms with Crippen LogP contribution in [0.15, 0.2) is 16.8 Å².